The highest BCUT2D eigenvalue weighted by molar-refractivity contribution is 6.01. The number of oxime groups is 1. The van der Waals surface area contributed by atoms with Crippen molar-refractivity contribution in [2.75, 3.05) is 0 Å². The molecule has 0 saturated heterocycles. The maximum absolute atomic E-state index is 8.76. The van der Waals surface area contributed by atoms with Gasteiger partial charge in [-0.3, -0.25) is 0 Å². The molecule has 0 radical (unpaired) electrons. The number of hydrogen-bond acceptors (Lipinski definition) is 2. The highest BCUT2D eigenvalue weighted by Crippen LogP contribution is 2.13. The van der Waals surface area contributed by atoms with Gasteiger partial charge in [-0.05, 0) is 25.8 Å². The predicted molar refractivity (Wildman–Crippen MR) is 54.5 cm³/mol. The van der Waals surface area contributed by atoms with Crippen LogP contribution in [0.4, 0.5) is 0 Å². The Labute approximate surface area is 78.9 Å². The molecule has 0 saturated carbocycles. The van der Waals surface area contributed by atoms with Crippen molar-refractivity contribution in [1.29, 1.82) is 0 Å². The summed E-state index contributed by atoms with van der Waals surface area (Å²) in [7, 11) is 0. The van der Waals surface area contributed by atoms with E-state index in [1.807, 2.05) is 26.0 Å². The molecular weight excluding hydrogens is 162 g/mol. The van der Waals surface area contributed by atoms with Gasteiger partial charge >= 0.3 is 0 Å². The van der Waals surface area contributed by atoms with Gasteiger partial charge in [0.25, 0.3) is 0 Å². The van der Waals surface area contributed by atoms with E-state index in [1.165, 1.54) is 5.56 Å². The van der Waals surface area contributed by atoms with Crippen LogP contribution in [0.3, 0.4) is 0 Å². The Bertz CT molecular complexity index is 329. The topological polar surface area (TPSA) is 32.6 Å². The van der Waals surface area contributed by atoms with Crippen LogP contribution in [-0.2, 0) is 0 Å². The average molecular weight is 177 g/mol. The van der Waals surface area contributed by atoms with Crippen LogP contribution in [0.2, 0.25) is 0 Å². The standard InChI is InChI=1S/C11H15NO/c1-4-11(12-13)10-6-5-8(2)7-9(10)3/h5-7,13H,4H2,1-3H3. The Morgan fingerprint density at radius 3 is 2.54 bits per heavy atom. The first kappa shape index (κ1) is 9.78. The van der Waals surface area contributed by atoms with Crippen molar-refractivity contribution in [2.45, 2.75) is 27.2 Å². The normalized spacial score (nSPS) is 11.8. The Balaban J connectivity index is 3.15. The van der Waals surface area contributed by atoms with Gasteiger partial charge in [0, 0.05) is 5.56 Å². The number of aryl methyl sites for hydroxylation is 2. The van der Waals surface area contributed by atoms with Gasteiger partial charge in [0.15, 0.2) is 0 Å². The molecule has 0 aliphatic heterocycles. The molecule has 0 heterocycles. The number of hydrogen-bond donors (Lipinski definition) is 1. The summed E-state index contributed by atoms with van der Waals surface area (Å²) < 4.78 is 0. The summed E-state index contributed by atoms with van der Waals surface area (Å²) in [6.07, 6.45) is 0.750. The van der Waals surface area contributed by atoms with Gasteiger partial charge in [0.1, 0.15) is 0 Å². The molecule has 0 aromatic heterocycles. The molecule has 0 amide bonds. The van der Waals surface area contributed by atoms with Crippen LogP contribution in [0.5, 0.6) is 0 Å². The zero-order valence-electron chi connectivity index (χ0n) is 8.33. The van der Waals surface area contributed by atoms with Gasteiger partial charge in [-0.25, -0.2) is 0 Å². The molecule has 1 aromatic rings. The van der Waals surface area contributed by atoms with Gasteiger partial charge in [-0.2, -0.15) is 0 Å². The van der Waals surface area contributed by atoms with Gasteiger partial charge < -0.3 is 5.21 Å². The fraction of sp³-hybridized carbons (Fsp3) is 0.364. The number of rotatable bonds is 2. The summed E-state index contributed by atoms with van der Waals surface area (Å²) in [5.41, 5.74) is 4.18. The molecule has 2 nitrogen and oxygen atoms in total. The molecule has 0 aliphatic carbocycles. The summed E-state index contributed by atoms with van der Waals surface area (Å²) in [5.74, 6) is 0. The van der Waals surface area contributed by atoms with Crippen LogP contribution in [0.1, 0.15) is 30.0 Å². The number of benzene rings is 1. The highest BCUT2D eigenvalue weighted by Gasteiger charge is 2.04. The van der Waals surface area contributed by atoms with Crippen molar-refractivity contribution in [2.24, 2.45) is 5.16 Å². The van der Waals surface area contributed by atoms with E-state index in [0.29, 0.717) is 0 Å². The zero-order chi connectivity index (χ0) is 9.84. The second kappa shape index (κ2) is 4.08. The van der Waals surface area contributed by atoms with Gasteiger partial charge in [-0.1, -0.05) is 35.8 Å². The molecule has 0 unspecified atom stereocenters. The molecule has 0 fully saturated rings. The summed E-state index contributed by atoms with van der Waals surface area (Å²) in [4.78, 5) is 0. The van der Waals surface area contributed by atoms with Gasteiger partial charge in [0.05, 0.1) is 5.71 Å². The van der Waals surface area contributed by atoms with Crippen molar-refractivity contribution in [1.82, 2.24) is 0 Å². The summed E-state index contributed by atoms with van der Waals surface area (Å²) in [5, 5.41) is 12.0. The molecular formula is C11H15NO. The van der Waals surface area contributed by atoms with Crippen LogP contribution >= 0.6 is 0 Å². The van der Waals surface area contributed by atoms with E-state index >= 15 is 0 Å². The maximum Gasteiger partial charge on any atom is 0.0867 e. The smallest absolute Gasteiger partial charge is 0.0867 e. The van der Waals surface area contributed by atoms with E-state index in [9.17, 15) is 0 Å². The molecule has 70 valence electrons. The minimum atomic E-state index is 0.748. The van der Waals surface area contributed by atoms with Crippen molar-refractivity contribution in [3.8, 4) is 0 Å². The minimum absolute atomic E-state index is 0.748. The van der Waals surface area contributed by atoms with Gasteiger partial charge in [0.2, 0.25) is 0 Å². The van der Waals surface area contributed by atoms with Crippen LogP contribution in [0.15, 0.2) is 23.4 Å². The fourth-order valence-electron chi connectivity index (χ4n) is 1.45. The summed E-state index contributed by atoms with van der Waals surface area (Å²) in [6.45, 7) is 6.07. The Hall–Kier alpha value is -1.31. The van der Waals surface area contributed by atoms with E-state index in [2.05, 4.69) is 18.1 Å². The van der Waals surface area contributed by atoms with Crippen LogP contribution in [-0.4, -0.2) is 10.9 Å². The van der Waals surface area contributed by atoms with E-state index < -0.39 is 0 Å². The SMILES string of the molecule is CCC(=NO)c1ccc(C)cc1C. The summed E-state index contributed by atoms with van der Waals surface area (Å²) in [6, 6.07) is 6.13. The first-order valence-corrected chi connectivity index (χ1v) is 4.47. The van der Waals surface area contributed by atoms with Crippen LogP contribution in [0.25, 0.3) is 0 Å². The lowest BCUT2D eigenvalue weighted by Crippen LogP contribution is -2.01. The van der Waals surface area contributed by atoms with Crippen molar-refractivity contribution < 1.29 is 5.21 Å². The van der Waals surface area contributed by atoms with E-state index in [-0.39, 0.29) is 0 Å². The molecule has 1 rings (SSSR count). The maximum atomic E-state index is 8.76. The van der Waals surface area contributed by atoms with Crippen molar-refractivity contribution in [3.63, 3.8) is 0 Å². The van der Waals surface area contributed by atoms with Crippen molar-refractivity contribution >= 4 is 5.71 Å². The lowest BCUT2D eigenvalue weighted by atomic mass is 10.0. The Morgan fingerprint density at radius 2 is 2.08 bits per heavy atom. The zero-order valence-corrected chi connectivity index (χ0v) is 8.33. The van der Waals surface area contributed by atoms with E-state index in [0.717, 1.165) is 23.3 Å². The monoisotopic (exact) mass is 177 g/mol. The molecule has 0 bridgehead atoms. The predicted octanol–water partition coefficient (Wildman–Crippen LogP) is 2.89. The Kier molecular flexibility index (Phi) is 3.07. The van der Waals surface area contributed by atoms with Crippen LogP contribution in [0, 0.1) is 13.8 Å². The second-order valence-electron chi connectivity index (χ2n) is 3.22. The molecule has 0 spiro atoms. The third kappa shape index (κ3) is 2.08. The van der Waals surface area contributed by atoms with E-state index in [1.54, 1.807) is 0 Å². The summed E-state index contributed by atoms with van der Waals surface area (Å²) >= 11 is 0. The quantitative estimate of drug-likeness (QED) is 0.420. The molecule has 1 aromatic carbocycles. The second-order valence-corrected chi connectivity index (χ2v) is 3.22. The Morgan fingerprint density at radius 1 is 1.38 bits per heavy atom. The fourth-order valence-corrected chi connectivity index (χ4v) is 1.45. The van der Waals surface area contributed by atoms with E-state index in [4.69, 9.17) is 5.21 Å². The first-order chi connectivity index (χ1) is 6.19. The molecule has 2 heteroatoms. The highest BCUT2D eigenvalue weighted by atomic mass is 16.4. The average Bonchev–Trinajstić information content (AvgIpc) is 2.10. The minimum Gasteiger partial charge on any atom is -0.411 e. The molecule has 0 atom stereocenters. The lowest BCUT2D eigenvalue weighted by molar-refractivity contribution is 0.318. The molecule has 1 N–H and O–H groups in total. The molecule has 0 aliphatic rings. The first-order valence-electron chi connectivity index (χ1n) is 4.47. The van der Waals surface area contributed by atoms with Crippen LogP contribution < -0.4 is 0 Å². The van der Waals surface area contributed by atoms with Crippen molar-refractivity contribution in [3.05, 3.63) is 34.9 Å². The lowest BCUT2D eigenvalue weighted by Gasteiger charge is -2.06. The third-order valence-electron chi connectivity index (χ3n) is 2.15. The molecule has 13 heavy (non-hydrogen) atoms. The largest absolute Gasteiger partial charge is 0.411 e. The number of nitrogens with zero attached hydrogens (tertiary/aromatic N) is 1. The van der Waals surface area contributed by atoms with Gasteiger partial charge in [-0.15, -0.1) is 0 Å². The third-order valence-corrected chi connectivity index (χ3v) is 2.15.